The second-order valence-electron chi connectivity index (χ2n) is 3.85. The third kappa shape index (κ3) is 4.10. The van der Waals surface area contributed by atoms with Crippen LogP contribution in [-0.2, 0) is 11.2 Å². The molecule has 1 N–H and O–H groups in total. The molecule has 8 heteroatoms. The van der Waals surface area contributed by atoms with Crippen molar-refractivity contribution < 1.29 is 14.3 Å². The lowest BCUT2D eigenvalue weighted by atomic mass is 10.3. The molecule has 0 fully saturated rings. The molecule has 0 aliphatic carbocycles. The maximum Gasteiger partial charge on any atom is 0.213 e. The summed E-state index contributed by atoms with van der Waals surface area (Å²) in [4.78, 5) is 15.3. The zero-order valence-corrected chi connectivity index (χ0v) is 13.5. The fourth-order valence-electron chi connectivity index (χ4n) is 1.44. The van der Waals surface area contributed by atoms with Crippen LogP contribution in [0.3, 0.4) is 0 Å². The molecule has 20 heavy (non-hydrogen) atoms. The van der Waals surface area contributed by atoms with Gasteiger partial charge in [0, 0.05) is 11.3 Å². The molecule has 6 nitrogen and oxygen atoms in total. The summed E-state index contributed by atoms with van der Waals surface area (Å²) < 4.78 is 5.98. The van der Waals surface area contributed by atoms with E-state index in [1.165, 1.54) is 6.08 Å². The highest BCUT2D eigenvalue weighted by atomic mass is 127. The number of nitrogens with zero attached hydrogens (tertiary/aromatic N) is 2. The Labute approximate surface area is 133 Å². The molecular formula is C12H11IN3O3S-. The van der Waals surface area contributed by atoms with Crippen molar-refractivity contribution in [2.75, 3.05) is 0 Å². The van der Waals surface area contributed by atoms with Crippen molar-refractivity contribution in [3.05, 3.63) is 32.4 Å². The molecule has 0 spiro atoms. The molecule has 2 rings (SSSR count). The van der Waals surface area contributed by atoms with Crippen molar-refractivity contribution >= 4 is 46.4 Å². The second-order valence-corrected chi connectivity index (χ2v) is 5.93. The predicted molar refractivity (Wildman–Crippen MR) is 80.6 cm³/mol. The average molecular weight is 404 g/mol. The summed E-state index contributed by atoms with van der Waals surface area (Å²) in [7, 11) is 0. The van der Waals surface area contributed by atoms with Crippen LogP contribution in [0.1, 0.15) is 24.9 Å². The molecule has 2 aromatic heterocycles. The number of carbonyl (C=O) groups is 1. The molecule has 0 atom stereocenters. The summed E-state index contributed by atoms with van der Waals surface area (Å²) in [6, 6.07) is 3.43. The van der Waals surface area contributed by atoms with Crippen LogP contribution in [0.5, 0.6) is 0 Å². The summed E-state index contributed by atoms with van der Waals surface area (Å²) in [5, 5.41) is 18.2. The number of aromatic amines is 1. The normalized spacial score (nSPS) is 11.8. The van der Waals surface area contributed by atoms with Gasteiger partial charge in [-0.2, -0.15) is 0 Å². The number of aryl methyl sites for hydroxylation is 1. The van der Waals surface area contributed by atoms with Crippen LogP contribution in [0.25, 0.3) is 6.08 Å². The number of aromatic nitrogens is 3. The Morgan fingerprint density at radius 3 is 3.00 bits per heavy atom. The summed E-state index contributed by atoms with van der Waals surface area (Å²) in [5.41, 5.74) is 0. The summed E-state index contributed by atoms with van der Waals surface area (Å²) in [5.74, 6) is -0.103. The second kappa shape index (κ2) is 6.93. The van der Waals surface area contributed by atoms with Crippen molar-refractivity contribution in [2.24, 2.45) is 0 Å². The summed E-state index contributed by atoms with van der Waals surface area (Å²) >= 11 is 2.94. The molecule has 0 aromatic carbocycles. The minimum atomic E-state index is -1.29. The Bertz CT molecular complexity index is 635. The number of aliphatic carboxylic acids is 1. The Hall–Kier alpha value is -1.29. The first-order valence-electron chi connectivity index (χ1n) is 5.86. The van der Waals surface area contributed by atoms with E-state index in [0.717, 1.165) is 30.4 Å². The number of carbonyl (C=O) groups excluding carboxylic acids is 1. The molecule has 0 saturated heterocycles. The third-order valence-electron chi connectivity index (χ3n) is 2.27. The van der Waals surface area contributed by atoms with Gasteiger partial charge >= 0.3 is 0 Å². The van der Waals surface area contributed by atoms with E-state index in [0.29, 0.717) is 14.7 Å². The lowest BCUT2D eigenvalue weighted by molar-refractivity contribution is -0.298. The Kier molecular flexibility index (Phi) is 5.24. The van der Waals surface area contributed by atoms with Gasteiger partial charge in [-0.05, 0) is 59.0 Å². The Morgan fingerprint density at radius 2 is 2.40 bits per heavy atom. The number of thioether (sulfide) groups is 1. The standard InChI is InChI=1S/C12H12IN3O3S/c1-2-3-10-14-12(16-15-10)20-8(11(17)18)6-7-4-5-9(13)19-7/h4-6H,2-3H2,1H3,(H,17,18)(H,14,15,16)/p-1/b8-6+. The van der Waals surface area contributed by atoms with Gasteiger partial charge in [0.15, 0.2) is 3.77 Å². The van der Waals surface area contributed by atoms with E-state index in [2.05, 4.69) is 15.2 Å². The zero-order valence-electron chi connectivity index (χ0n) is 10.6. The first-order valence-corrected chi connectivity index (χ1v) is 7.75. The fourth-order valence-corrected chi connectivity index (χ4v) is 2.57. The molecule has 0 radical (unpaired) electrons. The molecule has 0 unspecified atom stereocenters. The Morgan fingerprint density at radius 1 is 1.60 bits per heavy atom. The van der Waals surface area contributed by atoms with Crippen molar-refractivity contribution in [1.29, 1.82) is 0 Å². The number of hydrogen-bond donors (Lipinski definition) is 1. The fraction of sp³-hybridized carbons (Fsp3) is 0.250. The zero-order chi connectivity index (χ0) is 14.5. The predicted octanol–water partition coefficient (Wildman–Crippen LogP) is 1.84. The minimum Gasteiger partial charge on any atom is -0.544 e. The minimum absolute atomic E-state index is 0.00204. The van der Waals surface area contributed by atoms with Crippen molar-refractivity contribution in [3.63, 3.8) is 0 Å². The van der Waals surface area contributed by atoms with Crippen LogP contribution in [0.4, 0.5) is 0 Å². The van der Waals surface area contributed by atoms with Gasteiger partial charge < -0.3 is 14.3 Å². The van der Waals surface area contributed by atoms with E-state index in [-0.39, 0.29) is 4.91 Å². The van der Waals surface area contributed by atoms with Gasteiger partial charge in [0.1, 0.15) is 11.6 Å². The molecule has 0 bridgehead atoms. The van der Waals surface area contributed by atoms with Gasteiger partial charge in [0.2, 0.25) is 5.16 Å². The van der Waals surface area contributed by atoms with E-state index in [4.69, 9.17) is 4.42 Å². The third-order valence-corrected chi connectivity index (χ3v) is 3.72. The van der Waals surface area contributed by atoms with E-state index in [1.54, 1.807) is 12.1 Å². The van der Waals surface area contributed by atoms with E-state index >= 15 is 0 Å². The number of H-pyrrole nitrogens is 1. The number of halogens is 1. The van der Waals surface area contributed by atoms with Gasteiger partial charge in [0.05, 0.1) is 5.97 Å². The first-order chi connectivity index (χ1) is 9.58. The number of rotatable bonds is 6. The van der Waals surface area contributed by atoms with Gasteiger partial charge in [-0.15, -0.1) is 5.10 Å². The highest BCUT2D eigenvalue weighted by molar-refractivity contribution is 14.1. The molecule has 0 aliphatic heterocycles. The van der Waals surface area contributed by atoms with E-state index < -0.39 is 5.97 Å². The van der Waals surface area contributed by atoms with Gasteiger partial charge in [-0.25, -0.2) is 4.98 Å². The number of furan rings is 1. The maximum atomic E-state index is 11.1. The topological polar surface area (TPSA) is 94.8 Å². The van der Waals surface area contributed by atoms with Gasteiger partial charge in [-0.3, -0.25) is 5.10 Å². The number of nitrogens with one attached hydrogen (secondary N) is 1. The Balaban J connectivity index is 2.16. The smallest absolute Gasteiger partial charge is 0.213 e. The van der Waals surface area contributed by atoms with Gasteiger partial charge in [-0.1, -0.05) is 6.92 Å². The van der Waals surface area contributed by atoms with Crippen LogP contribution in [-0.4, -0.2) is 21.2 Å². The molecule has 2 heterocycles. The van der Waals surface area contributed by atoms with Crippen LogP contribution in [0.15, 0.2) is 26.6 Å². The molecule has 0 amide bonds. The molecule has 0 saturated carbocycles. The van der Waals surface area contributed by atoms with E-state index in [1.807, 2.05) is 29.5 Å². The number of hydrogen-bond acceptors (Lipinski definition) is 6. The van der Waals surface area contributed by atoms with Crippen molar-refractivity contribution in [2.45, 2.75) is 24.9 Å². The molecule has 2 aromatic rings. The lowest BCUT2D eigenvalue weighted by Crippen LogP contribution is -2.23. The van der Waals surface area contributed by atoms with Crippen molar-refractivity contribution in [1.82, 2.24) is 15.2 Å². The SMILES string of the molecule is CCCc1nc(S/C(=C/c2ccc(I)o2)C(=O)[O-])n[nH]1. The average Bonchev–Trinajstić information content (AvgIpc) is 2.99. The quantitative estimate of drug-likeness (QED) is 0.449. The molecule has 0 aliphatic rings. The van der Waals surface area contributed by atoms with E-state index in [9.17, 15) is 9.90 Å². The highest BCUT2D eigenvalue weighted by Crippen LogP contribution is 2.25. The number of carboxylic acid groups (broad SMARTS) is 1. The maximum absolute atomic E-state index is 11.1. The molecule has 106 valence electrons. The largest absolute Gasteiger partial charge is 0.544 e. The van der Waals surface area contributed by atoms with Crippen molar-refractivity contribution in [3.8, 4) is 0 Å². The summed E-state index contributed by atoms with van der Waals surface area (Å²) in [6.07, 6.45) is 3.11. The first kappa shape index (κ1) is 15.1. The van der Waals surface area contributed by atoms with Crippen LogP contribution in [0.2, 0.25) is 0 Å². The monoisotopic (exact) mass is 404 g/mol. The van der Waals surface area contributed by atoms with Crippen LogP contribution < -0.4 is 5.11 Å². The van der Waals surface area contributed by atoms with Crippen LogP contribution >= 0.6 is 34.4 Å². The molecular weight excluding hydrogens is 393 g/mol. The summed E-state index contributed by atoms with van der Waals surface area (Å²) in [6.45, 7) is 2.03. The van der Waals surface area contributed by atoms with Crippen LogP contribution in [0, 0.1) is 3.77 Å². The highest BCUT2D eigenvalue weighted by Gasteiger charge is 2.09. The van der Waals surface area contributed by atoms with Gasteiger partial charge in [0.25, 0.3) is 0 Å². The lowest BCUT2D eigenvalue weighted by Gasteiger charge is -2.04. The number of carboxylic acids is 1.